The Labute approximate surface area is 80.6 Å². The van der Waals surface area contributed by atoms with Crippen LogP contribution in [0.15, 0.2) is 0 Å². The van der Waals surface area contributed by atoms with Gasteiger partial charge in [-0.2, -0.15) is 26.3 Å². The van der Waals surface area contributed by atoms with Gasteiger partial charge in [-0.1, -0.05) is 0 Å². The predicted octanol–water partition coefficient (Wildman–Crippen LogP) is 0.802. The van der Waals surface area contributed by atoms with E-state index in [1.165, 1.54) is 5.32 Å². The summed E-state index contributed by atoms with van der Waals surface area (Å²) in [6.07, 6.45) is -11.3. The average molecular weight is 238 g/mol. The standard InChI is InChI=1S/C6H8F6N2O/c7-5(8,9)3(6(10,11)12)4(15)14-2-1-13/h3H,1-2,13H2,(H,14,15). The van der Waals surface area contributed by atoms with Crippen molar-refractivity contribution in [2.75, 3.05) is 13.1 Å². The van der Waals surface area contributed by atoms with E-state index >= 15 is 0 Å². The van der Waals surface area contributed by atoms with Gasteiger partial charge in [0.2, 0.25) is 11.8 Å². The molecule has 0 rings (SSSR count). The number of nitrogens with one attached hydrogen (secondary N) is 1. The molecular weight excluding hydrogens is 230 g/mol. The highest BCUT2D eigenvalue weighted by Gasteiger charge is 2.60. The molecule has 0 aromatic carbocycles. The van der Waals surface area contributed by atoms with Crippen LogP contribution in [0.2, 0.25) is 0 Å². The highest BCUT2D eigenvalue weighted by Crippen LogP contribution is 2.39. The number of carbonyl (C=O) groups excluding carboxylic acids is 1. The molecule has 0 saturated carbocycles. The molecule has 0 heterocycles. The van der Waals surface area contributed by atoms with E-state index in [-0.39, 0.29) is 6.54 Å². The van der Waals surface area contributed by atoms with E-state index in [0.29, 0.717) is 0 Å². The normalized spacial score (nSPS) is 13.1. The Morgan fingerprint density at radius 1 is 1.13 bits per heavy atom. The summed E-state index contributed by atoms with van der Waals surface area (Å²) in [4.78, 5) is 10.6. The maximum atomic E-state index is 11.9. The number of amides is 1. The number of halogens is 6. The van der Waals surface area contributed by atoms with Crippen LogP contribution in [0.5, 0.6) is 0 Å². The third-order valence-electron chi connectivity index (χ3n) is 1.36. The van der Waals surface area contributed by atoms with Crippen molar-refractivity contribution in [2.45, 2.75) is 12.4 Å². The molecule has 3 N–H and O–H groups in total. The lowest BCUT2D eigenvalue weighted by Gasteiger charge is -2.21. The Bertz CT molecular complexity index is 209. The fourth-order valence-corrected chi connectivity index (χ4v) is 0.780. The van der Waals surface area contributed by atoms with Crippen LogP contribution in [0.4, 0.5) is 26.3 Å². The van der Waals surface area contributed by atoms with Crippen molar-refractivity contribution in [3.05, 3.63) is 0 Å². The molecular formula is C6H8F6N2O. The molecule has 0 unspecified atom stereocenters. The summed E-state index contributed by atoms with van der Waals surface area (Å²) < 4.78 is 71.3. The predicted molar refractivity (Wildman–Crippen MR) is 37.7 cm³/mol. The van der Waals surface area contributed by atoms with E-state index < -0.39 is 30.7 Å². The molecule has 0 bridgehead atoms. The Morgan fingerprint density at radius 3 is 1.80 bits per heavy atom. The van der Waals surface area contributed by atoms with Crippen LogP contribution < -0.4 is 11.1 Å². The number of nitrogens with two attached hydrogens (primary N) is 1. The molecule has 0 atom stereocenters. The summed E-state index contributed by atoms with van der Waals surface area (Å²) in [5.41, 5.74) is 4.82. The zero-order valence-electron chi connectivity index (χ0n) is 7.24. The molecule has 0 fully saturated rings. The van der Waals surface area contributed by atoms with Gasteiger partial charge in [-0.15, -0.1) is 0 Å². The van der Waals surface area contributed by atoms with Gasteiger partial charge < -0.3 is 11.1 Å². The maximum absolute atomic E-state index is 11.9. The zero-order chi connectivity index (χ0) is 12.3. The topological polar surface area (TPSA) is 55.1 Å². The van der Waals surface area contributed by atoms with E-state index in [1.54, 1.807) is 0 Å². The second kappa shape index (κ2) is 4.69. The van der Waals surface area contributed by atoms with Crippen molar-refractivity contribution in [3.8, 4) is 0 Å². The Kier molecular flexibility index (Phi) is 4.38. The van der Waals surface area contributed by atoms with Crippen LogP contribution in [-0.4, -0.2) is 31.3 Å². The summed E-state index contributed by atoms with van der Waals surface area (Å²) in [6.45, 7) is -0.685. The molecule has 15 heavy (non-hydrogen) atoms. The van der Waals surface area contributed by atoms with Crippen LogP contribution in [0, 0.1) is 5.92 Å². The molecule has 0 aromatic rings. The second-order valence-electron chi connectivity index (χ2n) is 2.60. The van der Waals surface area contributed by atoms with E-state index in [1.807, 2.05) is 0 Å². The molecule has 1 amide bonds. The average Bonchev–Trinajstić information content (AvgIpc) is 1.94. The van der Waals surface area contributed by atoms with Crippen molar-refractivity contribution in [1.29, 1.82) is 0 Å². The summed E-state index contributed by atoms with van der Waals surface area (Å²) in [5, 5.41) is 1.44. The Morgan fingerprint density at radius 2 is 1.53 bits per heavy atom. The molecule has 0 aromatic heterocycles. The van der Waals surface area contributed by atoms with Crippen molar-refractivity contribution in [3.63, 3.8) is 0 Å². The third-order valence-corrected chi connectivity index (χ3v) is 1.36. The van der Waals surface area contributed by atoms with Crippen LogP contribution in [0.25, 0.3) is 0 Å². The number of hydrogen-bond acceptors (Lipinski definition) is 2. The van der Waals surface area contributed by atoms with Gasteiger partial charge in [0, 0.05) is 13.1 Å². The first kappa shape index (κ1) is 14.0. The minimum absolute atomic E-state index is 0.242. The largest absolute Gasteiger partial charge is 0.409 e. The van der Waals surface area contributed by atoms with Crippen LogP contribution in [-0.2, 0) is 4.79 Å². The quantitative estimate of drug-likeness (QED) is 0.714. The number of hydrogen-bond donors (Lipinski definition) is 2. The van der Waals surface area contributed by atoms with Crippen molar-refractivity contribution < 1.29 is 31.1 Å². The number of carbonyl (C=O) groups is 1. The summed E-state index contributed by atoms with van der Waals surface area (Å²) >= 11 is 0. The first-order valence-electron chi connectivity index (χ1n) is 3.72. The lowest BCUT2D eigenvalue weighted by atomic mass is 10.1. The zero-order valence-corrected chi connectivity index (χ0v) is 7.24. The van der Waals surface area contributed by atoms with E-state index in [4.69, 9.17) is 5.73 Å². The van der Waals surface area contributed by atoms with Gasteiger partial charge in [0.05, 0.1) is 0 Å². The van der Waals surface area contributed by atoms with Gasteiger partial charge >= 0.3 is 12.4 Å². The first-order valence-corrected chi connectivity index (χ1v) is 3.72. The SMILES string of the molecule is NCCNC(=O)C(C(F)(F)F)C(F)(F)F. The van der Waals surface area contributed by atoms with Crippen molar-refractivity contribution >= 4 is 5.91 Å². The third kappa shape index (κ3) is 4.36. The molecule has 0 aliphatic rings. The molecule has 0 radical (unpaired) electrons. The van der Waals surface area contributed by atoms with Gasteiger partial charge in [0.1, 0.15) is 0 Å². The molecule has 90 valence electrons. The van der Waals surface area contributed by atoms with Crippen LogP contribution in [0.1, 0.15) is 0 Å². The van der Waals surface area contributed by atoms with E-state index in [0.717, 1.165) is 0 Å². The monoisotopic (exact) mass is 238 g/mol. The molecule has 0 aliphatic carbocycles. The maximum Gasteiger partial charge on any atom is 0.409 e. The van der Waals surface area contributed by atoms with Gasteiger partial charge in [-0.3, -0.25) is 4.79 Å². The summed E-state index contributed by atoms with van der Waals surface area (Å²) in [5.74, 6) is -6.14. The molecule has 9 heteroatoms. The second-order valence-corrected chi connectivity index (χ2v) is 2.60. The fraction of sp³-hybridized carbons (Fsp3) is 0.833. The molecule has 3 nitrogen and oxygen atoms in total. The minimum atomic E-state index is -5.66. The molecule has 0 aliphatic heterocycles. The van der Waals surface area contributed by atoms with E-state index in [9.17, 15) is 31.1 Å². The van der Waals surface area contributed by atoms with Gasteiger partial charge in [0.15, 0.2) is 0 Å². The summed E-state index contributed by atoms with van der Waals surface area (Å²) in [6, 6.07) is 0. The number of alkyl halides is 6. The summed E-state index contributed by atoms with van der Waals surface area (Å²) in [7, 11) is 0. The Balaban J connectivity index is 4.74. The Hall–Kier alpha value is -0.990. The smallest absolute Gasteiger partial charge is 0.354 e. The van der Waals surface area contributed by atoms with Gasteiger partial charge in [0.25, 0.3) is 0 Å². The van der Waals surface area contributed by atoms with Crippen LogP contribution in [0.3, 0.4) is 0 Å². The van der Waals surface area contributed by atoms with Crippen molar-refractivity contribution in [2.24, 2.45) is 11.7 Å². The minimum Gasteiger partial charge on any atom is -0.354 e. The van der Waals surface area contributed by atoms with Gasteiger partial charge in [-0.25, -0.2) is 0 Å². The van der Waals surface area contributed by atoms with Crippen LogP contribution >= 0.6 is 0 Å². The van der Waals surface area contributed by atoms with Crippen molar-refractivity contribution in [1.82, 2.24) is 5.32 Å². The molecule has 0 saturated heterocycles. The van der Waals surface area contributed by atoms with Gasteiger partial charge in [-0.05, 0) is 0 Å². The highest BCUT2D eigenvalue weighted by molar-refractivity contribution is 5.80. The molecule has 0 spiro atoms. The first-order chi connectivity index (χ1) is 6.60. The van der Waals surface area contributed by atoms with E-state index in [2.05, 4.69) is 0 Å². The highest BCUT2D eigenvalue weighted by atomic mass is 19.4. The fourth-order valence-electron chi connectivity index (χ4n) is 0.780. The lowest BCUT2D eigenvalue weighted by Crippen LogP contribution is -2.48. The lowest BCUT2D eigenvalue weighted by molar-refractivity contribution is -0.274. The number of rotatable bonds is 3.